The molecule has 17 heavy (non-hydrogen) atoms. The number of hydrogen-bond donors (Lipinski definition) is 1. The molecule has 0 bridgehead atoms. The zero-order valence-corrected chi connectivity index (χ0v) is 11.6. The first-order valence-corrected chi connectivity index (χ1v) is 6.54. The molecule has 0 spiro atoms. The van der Waals surface area contributed by atoms with Crippen LogP contribution in [0.2, 0.25) is 0 Å². The van der Waals surface area contributed by atoms with E-state index in [2.05, 4.69) is 24.2 Å². The molecule has 0 aromatic rings. The highest BCUT2D eigenvalue weighted by molar-refractivity contribution is 5.80. The van der Waals surface area contributed by atoms with Crippen LogP contribution in [0.3, 0.4) is 0 Å². The van der Waals surface area contributed by atoms with Crippen molar-refractivity contribution >= 4 is 5.97 Å². The molecule has 1 atom stereocenters. The highest BCUT2D eigenvalue weighted by Gasteiger charge is 2.36. The molecule has 1 fully saturated rings. The maximum Gasteiger partial charge on any atom is 0.327 e. The maximum absolute atomic E-state index is 11.9. The summed E-state index contributed by atoms with van der Waals surface area (Å²) in [4.78, 5) is 14.1. The molecular formula is C13H26N2O2. The van der Waals surface area contributed by atoms with E-state index in [0.29, 0.717) is 6.54 Å². The minimum Gasteiger partial charge on any atom is -0.468 e. The fraction of sp³-hybridized carbons (Fsp3) is 0.923. The van der Waals surface area contributed by atoms with Crippen LogP contribution < -0.4 is 5.32 Å². The summed E-state index contributed by atoms with van der Waals surface area (Å²) in [7, 11) is 3.53. The summed E-state index contributed by atoms with van der Waals surface area (Å²) >= 11 is 0. The van der Waals surface area contributed by atoms with Gasteiger partial charge in [-0.05, 0) is 45.7 Å². The summed E-state index contributed by atoms with van der Waals surface area (Å²) in [5.74, 6) is 0.668. The summed E-state index contributed by atoms with van der Waals surface area (Å²) in [5.41, 5.74) is -0.589. The Morgan fingerprint density at radius 3 is 2.65 bits per heavy atom. The third-order valence-electron chi connectivity index (χ3n) is 3.25. The predicted octanol–water partition coefficient (Wildman–Crippen LogP) is 1.26. The van der Waals surface area contributed by atoms with E-state index >= 15 is 0 Å². The standard InChI is InChI=1S/C13H26N2O2/c1-5-8-14-13(2,12(16)17-4)10-15(3)9-11-6-7-11/h11,14H,5-10H2,1-4H3. The van der Waals surface area contributed by atoms with E-state index in [1.165, 1.54) is 20.0 Å². The van der Waals surface area contributed by atoms with Gasteiger partial charge in [-0.1, -0.05) is 6.92 Å². The first-order valence-electron chi connectivity index (χ1n) is 6.54. The highest BCUT2D eigenvalue weighted by atomic mass is 16.5. The van der Waals surface area contributed by atoms with Gasteiger partial charge in [0.05, 0.1) is 7.11 Å². The summed E-state index contributed by atoms with van der Waals surface area (Å²) in [6.07, 6.45) is 3.68. The van der Waals surface area contributed by atoms with Gasteiger partial charge in [0.1, 0.15) is 5.54 Å². The van der Waals surface area contributed by atoms with Crippen LogP contribution in [-0.4, -0.2) is 50.2 Å². The molecule has 1 rings (SSSR count). The van der Waals surface area contributed by atoms with Crippen molar-refractivity contribution in [2.24, 2.45) is 5.92 Å². The molecule has 4 heteroatoms. The lowest BCUT2D eigenvalue weighted by Gasteiger charge is -2.32. The minimum absolute atomic E-state index is 0.173. The van der Waals surface area contributed by atoms with E-state index in [9.17, 15) is 4.79 Å². The molecule has 0 heterocycles. The third kappa shape index (κ3) is 4.64. The number of carbonyl (C=O) groups is 1. The van der Waals surface area contributed by atoms with Gasteiger partial charge in [-0.15, -0.1) is 0 Å². The first kappa shape index (κ1) is 14.5. The molecule has 0 saturated heterocycles. The quantitative estimate of drug-likeness (QED) is 0.651. The van der Waals surface area contributed by atoms with E-state index < -0.39 is 5.54 Å². The van der Waals surface area contributed by atoms with Crippen LogP contribution in [0.15, 0.2) is 0 Å². The topological polar surface area (TPSA) is 41.6 Å². The van der Waals surface area contributed by atoms with E-state index in [-0.39, 0.29) is 5.97 Å². The lowest BCUT2D eigenvalue weighted by Crippen LogP contribution is -2.57. The second-order valence-electron chi connectivity index (χ2n) is 5.39. The molecule has 0 aliphatic heterocycles. The van der Waals surface area contributed by atoms with Crippen molar-refractivity contribution in [3.8, 4) is 0 Å². The van der Waals surface area contributed by atoms with Crippen molar-refractivity contribution < 1.29 is 9.53 Å². The summed E-state index contributed by atoms with van der Waals surface area (Å²) in [6, 6.07) is 0. The van der Waals surface area contributed by atoms with Crippen molar-refractivity contribution in [2.75, 3.05) is 33.8 Å². The number of nitrogens with zero attached hydrogens (tertiary/aromatic N) is 1. The van der Waals surface area contributed by atoms with Crippen molar-refractivity contribution in [3.63, 3.8) is 0 Å². The number of esters is 1. The van der Waals surface area contributed by atoms with Crippen LogP contribution in [0.5, 0.6) is 0 Å². The molecule has 0 amide bonds. The summed E-state index contributed by atoms with van der Waals surface area (Å²) < 4.78 is 4.91. The van der Waals surface area contributed by atoms with Gasteiger partial charge in [0.15, 0.2) is 0 Å². The molecule has 1 aliphatic carbocycles. The van der Waals surface area contributed by atoms with Crippen LogP contribution in [0, 0.1) is 5.92 Å². The molecule has 1 saturated carbocycles. The van der Waals surface area contributed by atoms with E-state index in [0.717, 1.165) is 25.4 Å². The molecule has 1 unspecified atom stereocenters. The van der Waals surface area contributed by atoms with Gasteiger partial charge in [0.25, 0.3) is 0 Å². The number of hydrogen-bond acceptors (Lipinski definition) is 4. The zero-order valence-electron chi connectivity index (χ0n) is 11.6. The van der Waals surface area contributed by atoms with Gasteiger partial charge < -0.3 is 15.0 Å². The van der Waals surface area contributed by atoms with Crippen LogP contribution in [-0.2, 0) is 9.53 Å². The molecule has 4 nitrogen and oxygen atoms in total. The van der Waals surface area contributed by atoms with Gasteiger partial charge in [-0.3, -0.25) is 4.79 Å². The Labute approximate surface area is 105 Å². The molecule has 0 aromatic heterocycles. The zero-order chi connectivity index (χ0) is 12.9. The van der Waals surface area contributed by atoms with Crippen molar-refractivity contribution in [3.05, 3.63) is 0 Å². The van der Waals surface area contributed by atoms with Crippen LogP contribution in [0.25, 0.3) is 0 Å². The Morgan fingerprint density at radius 2 is 2.18 bits per heavy atom. The Balaban J connectivity index is 2.50. The number of nitrogens with one attached hydrogen (secondary N) is 1. The number of methoxy groups -OCH3 is 1. The third-order valence-corrected chi connectivity index (χ3v) is 3.25. The average Bonchev–Trinajstić information content (AvgIpc) is 3.08. The molecule has 0 radical (unpaired) electrons. The number of likely N-dealkylation sites (N-methyl/N-ethyl adjacent to an activating group) is 1. The fourth-order valence-corrected chi connectivity index (χ4v) is 2.16. The van der Waals surface area contributed by atoms with E-state index in [1.54, 1.807) is 0 Å². The lowest BCUT2D eigenvalue weighted by molar-refractivity contribution is -0.148. The normalized spacial score (nSPS) is 19.1. The minimum atomic E-state index is -0.589. The van der Waals surface area contributed by atoms with Crippen LogP contribution >= 0.6 is 0 Å². The van der Waals surface area contributed by atoms with Gasteiger partial charge >= 0.3 is 5.97 Å². The number of carbonyl (C=O) groups excluding carboxylic acids is 1. The van der Waals surface area contributed by atoms with Crippen LogP contribution in [0.4, 0.5) is 0 Å². The Kier molecular flexibility index (Phi) is 5.40. The summed E-state index contributed by atoms with van der Waals surface area (Å²) in [6.45, 7) is 6.65. The SMILES string of the molecule is CCCNC(C)(CN(C)CC1CC1)C(=O)OC. The average molecular weight is 242 g/mol. The summed E-state index contributed by atoms with van der Waals surface area (Å²) in [5, 5.41) is 3.30. The molecule has 1 N–H and O–H groups in total. The van der Waals surface area contributed by atoms with Gasteiger partial charge in [0, 0.05) is 13.1 Å². The van der Waals surface area contributed by atoms with Gasteiger partial charge in [0.2, 0.25) is 0 Å². The Hall–Kier alpha value is -0.610. The Bertz CT molecular complexity index is 254. The molecule has 0 aromatic carbocycles. The van der Waals surface area contributed by atoms with E-state index in [4.69, 9.17) is 4.74 Å². The lowest BCUT2D eigenvalue weighted by atomic mass is 10.0. The fourth-order valence-electron chi connectivity index (χ4n) is 2.16. The second kappa shape index (κ2) is 6.36. The van der Waals surface area contributed by atoms with Crippen molar-refractivity contribution in [1.29, 1.82) is 0 Å². The van der Waals surface area contributed by atoms with Crippen molar-refractivity contribution in [1.82, 2.24) is 10.2 Å². The molecule has 100 valence electrons. The van der Waals surface area contributed by atoms with Gasteiger partial charge in [-0.2, -0.15) is 0 Å². The monoisotopic (exact) mass is 242 g/mol. The second-order valence-corrected chi connectivity index (χ2v) is 5.39. The Morgan fingerprint density at radius 1 is 1.53 bits per heavy atom. The maximum atomic E-state index is 11.9. The molecule has 1 aliphatic rings. The van der Waals surface area contributed by atoms with Gasteiger partial charge in [-0.25, -0.2) is 0 Å². The first-order chi connectivity index (χ1) is 8.01. The highest BCUT2D eigenvalue weighted by Crippen LogP contribution is 2.29. The molecular weight excluding hydrogens is 216 g/mol. The predicted molar refractivity (Wildman–Crippen MR) is 68.9 cm³/mol. The van der Waals surface area contributed by atoms with E-state index in [1.807, 2.05) is 6.92 Å². The van der Waals surface area contributed by atoms with Crippen LogP contribution in [0.1, 0.15) is 33.1 Å². The largest absolute Gasteiger partial charge is 0.468 e. The van der Waals surface area contributed by atoms with Crippen molar-refractivity contribution in [2.45, 2.75) is 38.6 Å². The number of rotatable bonds is 8. The smallest absolute Gasteiger partial charge is 0.327 e. The number of ether oxygens (including phenoxy) is 1.